The van der Waals surface area contributed by atoms with Crippen molar-refractivity contribution in [3.8, 4) is 0 Å². The van der Waals surface area contributed by atoms with E-state index in [1.165, 1.54) is 18.3 Å². The van der Waals surface area contributed by atoms with Crippen LogP contribution in [0.1, 0.15) is 20.8 Å². The molecule has 4 rings (SSSR count). The van der Waals surface area contributed by atoms with Gasteiger partial charge in [-0.3, -0.25) is 4.79 Å². The van der Waals surface area contributed by atoms with Crippen molar-refractivity contribution in [2.24, 2.45) is 0 Å². The van der Waals surface area contributed by atoms with Gasteiger partial charge in [0.25, 0.3) is 5.56 Å². The number of benzene rings is 1. The molecule has 1 aliphatic heterocycles. The summed E-state index contributed by atoms with van der Waals surface area (Å²) < 4.78 is 20.4. The monoisotopic (exact) mass is 474 g/mol. The van der Waals surface area contributed by atoms with Crippen LogP contribution in [0.5, 0.6) is 0 Å². The van der Waals surface area contributed by atoms with Gasteiger partial charge >= 0.3 is 6.09 Å². The van der Waals surface area contributed by atoms with E-state index >= 15 is 0 Å². The number of amides is 1. The normalized spacial score (nSPS) is 14.5. The second kappa shape index (κ2) is 8.86. The minimum atomic E-state index is -0.551. The van der Waals surface area contributed by atoms with Crippen LogP contribution in [0, 0.1) is 5.82 Å². The number of aromatic nitrogens is 3. The van der Waals surface area contributed by atoms with E-state index in [0.717, 1.165) is 0 Å². The van der Waals surface area contributed by atoms with Crippen molar-refractivity contribution in [3.05, 3.63) is 51.8 Å². The van der Waals surface area contributed by atoms with Crippen LogP contribution in [0.4, 0.5) is 26.4 Å². The zero-order valence-electron chi connectivity index (χ0n) is 18.5. The maximum absolute atomic E-state index is 14.9. The van der Waals surface area contributed by atoms with Crippen LogP contribution in [0.25, 0.3) is 10.8 Å². The highest BCUT2D eigenvalue weighted by atomic mass is 35.5. The largest absolute Gasteiger partial charge is 0.444 e. The summed E-state index contributed by atoms with van der Waals surface area (Å²) in [6.07, 6.45) is 1.10. The van der Waals surface area contributed by atoms with E-state index in [-0.39, 0.29) is 28.1 Å². The molecule has 0 atom stereocenters. The summed E-state index contributed by atoms with van der Waals surface area (Å²) in [6, 6.07) is 6.27. The molecule has 1 fully saturated rings. The number of carbonyl (C=O) groups is 1. The average Bonchev–Trinajstić information content (AvgIpc) is 2.74. The van der Waals surface area contributed by atoms with Crippen molar-refractivity contribution in [1.82, 2.24) is 20.1 Å². The quantitative estimate of drug-likeness (QED) is 0.554. The highest BCUT2D eigenvalue weighted by molar-refractivity contribution is 6.30. The van der Waals surface area contributed by atoms with E-state index in [0.29, 0.717) is 37.3 Å². The Hall–Kier alpha value is -3.40. The topological polar surface area (TPSA) is 103 Å². The first-order chi connectivity index (χ1) is 15.6. The van der Waals surface area contributed by atoms with Crippen LogP contribution >= 0.6 is 11.6 Å². The Morgan fingerprint density at radius 1 is 1.21 bits per heavy atom. The predicted molar refractivity (Wildman–Crippen MR) is 125 cm³/mol. The third-order valence-corrected chi connectivity index (χ3v) is 5.31. The lowest BCUT2D eigenvalue weighted by molar-refractivity contribution is 0.0240. The number of rotatable bonds is 3. The molecule has 33 heavy (non-hydrogen) atoms. The van der Waals surface area contributed by atoms with Gasteiger partial charge in [0, 0.05) is 37.3 Å². The van der Waals surface area contributed by atoms with Gasteiger partial charge in [0.05, 0.1) is 17.3 Å². The molecule has 0 bridgehead atoms. The molecule has 0 spiro atoms. The van der Waals surface area contributed by atoms with Gasteiger partial charge in [0.2, 0.25) is 0 Å². The molecule has 2 N–H and O–H groups in total. The number of halogens is 2. The number of nitrogens with one attached hydrogen (secondary N) is 2. The van der Waals surface area contributed by atoms with E-state index in [4.69, 9.17) is 16.3 Å². The average molecular weight is 475 g/mol. The number of anilines is 3. The molecule has 1 amide bonds. The Morgan fingerprint density at radius 3 is 2.61 bits per heavy atom. The van der Waals surface area contributed by atoms with Gasteiger partial charge in [-0.05, 0) is 45.0 Å². The fraction of sp³-hybridized carbons (Fsp3) is 0.364. The number of carbonyl (C=O) groups excluding carboxylic acids is 1. The van der Waals surface area contributed by atoms with Gasteiger partial charge in [-0.25, -0.2) is 19.3 Å². The fourth-order valence-electron chi connectivity index (χ4n) is 3.58. The maximum Gasteiger partial charge on any atom is 0.410 e. The van der Waals surface area contributed by atoms with Gasteiger partial charge in [0.1, 0.15) is 22.4 Å². The van der Waals surface area contributed by atoms with E-state index in [9.17, 15) is 14.0 Å². The molecule has 0 saturated carbocycles. The maximum atomic E-state index is 14.9. The zero-order chi connectivity index (χ0) is 23.8. The Labute approximate surface area is 194 Å². The SMILES string of the molecule is CC(C)(C)OC(=O)N1CCN(c2ccc(Nc3nc(Cl)cc4cn[nH]c(=O)c34)c(F)c2)CC1. The van der Waals surface area contributed by atoms with Crippen LogP contribution in [0.3, 0.4) is 0 Å². The van der Waals surface area contributed by atoms with Crippen LogP contribution in [0.15, 0.2) is 35.3 Å². The minimum Gasteiger partial charge on any atom is -0.444 e. The summed E-state index contributed by atoms with van der Waals surface area (Å²) >= 11 is 6.05. The van der Waals surface area contributed by atoms with Crippen LogP contribution in [0.2, 0.25) is 5.15 Å². The van der Waals surface area contributed by atoms with Gasteiger partial charge in [-0.15, -0.1) is 0 Å². The smallest absolute Gasteiger partial charge is 0.410 e. The van der Waals surface area contributed by atoms with Gasteiger partial charge < -0.3 is 19.9 Å². The summed E-state index contributed by atoms with van der Waals surface area (Å²) in [4.78, 5) is 32.3. The molecule has 0 radical (unpaired) electrons. The van der Waals surface area contributed by atoms with E-state index in [1.54, 1.807) is 17.0 Å². The van der Waals surface area contributed by atoms with Gasteiger partial charge in [-0.2, -0.15) is 5.10 Å². The lowest BCUT2D eigenvalue weighted by Gasteiger charge is -2.36. The molecule has 3 aromatic rings. The highest BCUT2D eigenvalue weighted by Gasteiger charge is 2.26. The second-order valence-corrected chi connectivity index (χ2v) is 9.09. The molecular weight excluding hydrogens is 451 g/mol. The summed E-state index contributed by atoms with van der Waals surface area (Å²) in [5.74, 6) is -0.374. The zero-order valence-corrected chi connectivity index (χ0v) is 19.2. The van der Waals surface area contributed by atoms with Gasteiger partial charge in [0.15, 0.2) is 0 Å². The first-order valence-corrected chi connectivity index (χ1v) is 10.8. The highest BCUT2D eigenvalue weighted by Crippen LogP contribution is 2.28. The third-order valence-electron chi connectivity index (χ3n) is 5.12. The van der Waals surface area contributed by atoms with Gasteiger partial charge in [-0.1, -0.05) is 11.6 Å². The third kappa shape index (κ3) is 5.16. The van der Waals surface area contributed by atoms with Crippen molar-refractivity contribution in [2.45, 2.75) is 26.4 Å². The summed E-state index contributed by atoms with van der Waals surface area (Å²) in [5.41, 5.74) is -0.171. The lowest BCUT2D eigenvalue weighted by atomic mass is 10.2. The standard InChI is InChI=1S/C22H24ClFN6O3/c1-22(2,3)33-21(32)30-8-6-29(7-9-30)14-4-5-16(15(24)11-14)26-19-18-13(10-17(23)27-19)12-25-28-20(18)31/h4-5,10-12H,6-9H2,1-3H3,(H,26,27)(H,28,31). The number of hydrogen-bond donors (Lipinski definition) is 2. The number of ether oxygens (including phenoxy) is 1. The minimum absolute atomic E-state index is 0.138. The Morgan fingerprint density at radius 2 is 1.94 bits per heavy atom. The molecule has 0 aliphatic carbocycles. The van der Waals surface area contributed by atoms with Crippen molar-refractivity contribution in [3.63, 3.8) is 0 Å². The molecule has 174 valence electrons. The Bertz CT molecular complexity index is 1250. The van der Waals surface area contributed by atoms with Crippen molar-refractivity contribution >= 4 is 45.7 Å². The second-order valence-electron chi connectivity index (χ2n) is 8.70. The first kappa shape index (κ1) is 22.8. The summed E-state index contributed by atoms with van der Waals surface area (Å²) in [7, 11) is 0. The Balaban J connectivity index is 1.49. The number of pyridine rings is 1. The summed E-state index contributed by atoms with van der Waals surface area (Å²) in [6.45, 7) is 7.54. The van der Waals surface area contributed by atoms with E-state index < -0.39 is 17.0 Å². The number of aromatic amines is 1. The molecule has 0 unspecified atom stereocenters. The van der Waals surface area contributed by atoms with Crippen LogP contribution < -0.4 is 15.8 Å². The fourth-order valence-corrected chi connectivity index (χ4v) is 3.78. The molecule has 9 nitrogen and oxygen atoms in total. The van der Waals surface area contributed by atoms with Crippen LogP contribution in [-0.2, 0) is 4.74 Å². The molecule has 11 heteroatoms. The first-order valence-electron chi connectivity index (χ1n) is 10.4. The molecule has 1 saturated heterocycles. The van der Waals surface area contributed by atoms with Crippen LogP contribution in [-0.4, -0.2) is 58.0 Å². The van der Waals surface area contributed by atoms with E-state index in [2.05, 4.69) is 20.5 Å². The number of piperazine rings is 1. The Kier molecular flexibility index (Phi) is 6.11. The molecule has 2 aromatic heterocycles. The molecule has 3 heterocycles. The molecule has 1 aliphatic rings. The number of hydrogen-bond acceptors (Lipinski definition) is 7. The lowest BCUT2D eigenvalue weighted by Crippen LogP contribution is -2.50. The summed E-state index contributed by atoms with van der Waals surface area (Å²) in [5, 5.41) is 9.83. The predicted octanol–water partition coefficient (Wildman–Crippen LogP) is 3.91. The molecular formula is C22H24ClFN6O3. The number of H-pyrrole nitrogens is 1. The van der Waals surface area contributed by atoms with Crippen molar-refractivity contribution < 1.29 is 13.9 Å². The van der Waals surface area contributed by atoms with E-state index in [1.807, 2.05) is 25.7 Å². The number of fused-ring (bicyclic) bond motifs is 1. The van der Waals surface area contributed by atoms with Crippen molar-refractivity contribution in [2.75, 3.05) is 36.4 Å². The number of nitrogens with zero attached hydrogens (tertiary/aromatic N) is 4. The van der Waals surface area contributed by atoms with Crippen molar-refractivity contribution in [1.29, 1.82) is 0 Å². The molecule has 1 aromatic carbocycles.